The number of hydrazine groups is 1. The summed E-state index contributed by atoms with van der Waals surface area (Å²) < 4.78 is 0. The predicted molar refractivity (Wildman–Crippen MR) is 85.5 cm³/mol. The van der Waals surface area contributed by atoms with Gasteiger partial charge >= 0.3 is 12.0 Å². The Balaban J connectivity index is 1.82. The molecule has 0 bridgehead atoms. The first-order chi connectivity index (χ1) is 10.4. The number of carbonyl (C=O) groups is 3. The Bertz CT molecular complexity index is 466. The lowest BCUT2D eigenvalue weighted by Crippen LogP contribution is -2.42. The molecule has 124 valence electrons. The summed E-state index contributed by atoms with van der Waals surface area (Å²) in [6, 6.07) is 0.126. The standard InChI is InChI=1S/C12H19BrN4O4S/c13-8(10(18)17-14)5(11(19)20)2-1-3-7-9-6(4-22-7)15-12(21)16-9/h5-9H,1-4,14H2,(H,17,18)(H,19,20)(H2,15,16,21)/t5?,6-,7-,8?,9-/m0/s1. The van der Waals surface area contributed by atoms with Gasteiger partial charge in [0.15, 0.2) is 0 Å². The molecule has 3 amide bonds. The molecule has 2 unspecified atom stereocenters. The van der Waals surface area contributed by atoms with Gasteiger partial charge in [0.1, 0.15) is 4.83 Å². The van der Waals surface area contributed by atoms with Gasteiger partial charge in [-0.3, -0.25) is 15.0 Å². The number of carbonyl (C=O) groups excluding carboxylic acids is 2. The maximum Gasteiger partial charge on any atom is 0.315 e. The Labute approximate surface area is 140 Å². The molecule has 0 spiro atoms. The normalized spacial score (nSPS) is 29.2. The number of nitrogens with two attached hydrogens (primary N) is 1. The van der Waals surface area contributed by atoms with Crippen LogP contribution in [0.4, 0.5) is 4.79 Å². The fraction of sp³-hybridized carbons (Fsp3) is 0.750. The number of carboxylic acids is 1. The Morgan fingerprint density at radius 3 is 2.86 bits per heavy atom. The van der Waals surface area contributed by atoms with Crippen LogP contribution in [0.1, 0.15) is 19.3 Å². The van der Waals surface area contributed by atoms with E-state index in [0.717, 1.165) is 12.2 Å². The van der Waals surface area contributed by atoms with Crippen molar-refractivity contribution < 1.29 is 19.5 Å². The number of carboxylic acid groups (broad SMARTS) is 1. The number of amides is 3. The number of hydrogen-bond acceptors (Lipinski definition) is 5. The SMILES string of the molecule is NNC(=O)C(Br)C(CCC[C@@H]1SC[C@@H]2NC(=O)N[C@@H]21)C(=O)O. The largest absolute Gasteiger partial charge is 0.481 e. The van der Waals surface area contributed by atoms with Gasteiger partial charge in [0.2, 0.25) is 5.91 Å². The van der Waals surface area contributed by atoms with Crippen LogP contribution in [0.25, 0.3) is 0 Å². The Kier molecular flexibility index (Phi) is 5.93. The predicted octanol–water partition coefficient (Wildman–Crippen LogP) is -0.224. The molecule has 2 saturated heterocycles. The number of nitrogens with one attached hydrogen (secondary N) is 3. The molecule has 6 N–H and O–H groups in total. The van der Waals surface area contributed by atoms with E-state index in [-0.39, 0.29) is 23.4 Å². The molecule has 8 nitrogen and oxygen atoms in total. The lowest BCUT2D eigenvalue weighted by molar-refractivity contribution is -0.143. The molecule has 0 aromatic carbocycles. The zero-order chi connectivity index (χ0) is 16.3. The van der Waals surface area contributed by atoms with Crippen LogP contribution in [0.5, 0.6) is 0 Å². The Morgan fingerprint density at radius 1 is 1.50 bits per heavy atom. The summed E-state index contributed by atoms with van der Waals surface area (Å²) in [7, 11) is 0. The van der Waals surface area contributed by atoms with E-state index in [4.69, 9.17) is 5.84 Å². The highest BCUT2D eigenvalue weighted by Crippen LogP contribution is 2.34. The number of urea groups is 1. The maximum atomic E-state index is 11.5. The van der Waals surface area contributed by atoms with Crippen LogP contribution in [-0.4, -0.2) is 50.9 Å². The first kappa shape index (κ1) is 17.4. The average Bonchev–Trinajstić information content (AvgIpc) is 3.01. The third-order valence-corrected chi connectivity index (χ3v) is 6.57. The Hall–Kier alpha value is -1.00. The van der Waals surface area contributed by atoms with Crippen molar-refractivity contribution in [3.8, 4) is 0 Å². The van der Waals surface area contributed by atoms with Gasteiger partial charge in [0, 0.05) is 11.0 Å². The molecule has 2 heterocycles. The lowest BCUT2D eigenvalue weighted by atomic mass is 9.95. The van der Waals surface area contributed by atoms with Crippen molar-refractivity contribution in [2.24, 2.45) is 11.8 Å². The number of rotatable bonds is 7. The molecule has 0 aromatic rings. The fourth-order valence-electron chi connectivity index (χ4n) is 2.84. The monoisotopic (exact) mass is 394 g/mol. The highest BCUT2D eigenvalue weighted by atomic mass is 79.9. The summed E-state index contributed by atoms with van der Waals surface area (Å²) in [5.41, 5.74) is 1.96. The van der Waals surface area contributed by atoms with Crippen LogP contribution in [0, 0.1) is 5.92 Å². The summed E-state index contributed by atoms with van der Waals surface area (Å²) in [4.78, 5) is 33.2. The first-order valence-electron chi connectivity index (χ1n) is 7.00. The molecule has 2 rings (SSSR count). The van der Waals surface area contributed by atoms with E-state index in [1.165, 1.54) is 0 Å². The summed E-state index contributed by atoms with van der Waals surface area (Å²) >= 11 is 4.87. The molecule has 0 aromatic heterocycles. The second kappa shape index (κ2) is 7.51. The van der Waals surface area contributed by atoms with E-state index < -0.39 is 22.6 Å². The smallest absolute Gasteiger partial charge is 0.315 e. The lowest BCUT2D eigenvalue weighted by Gasteiger charge is -2.20. The van der Waals surface area contributed by atoms with Gasteiger partial charge < -0.3 is 15.7 Å². The molecule has 10 heteroatoms. The third-order valence-electron chi connectivity index (χ3n) is 4.01. The quantitative estimate of drug-likeness (QED) is 0.133. The summed E-state index contributed by atoms with van der Waals surface area (Å²) in [6.45, 7) is 0. The minimum absolute atomic E-state index is 0.105. The molecule has 22 heavy (non-hydrogen) atoms. The van der Waals surface area contributed by atoms with Crippen molar-refractivity contribution in [1.82, 2.24) is 16.1 Å². The van der Waals surface area contributed by atoms with Gasteiger partial charge in [0.25, 0.3) is 0 Å². The maximum absolute atomic E-state index is 11.5. The van der Waals surface area contributed by atoms with E-state index in [2.05, 4.69) is 26.6 Å². The number of halogens is 1. The van der Waals surface area contributed by atoms with Gasteiger partial charge in [-0.05, 0) is 12.8 Å². The summed E-state index contributed by atoms with van der Waals surface area (Å²) in [5, 5.41) is 15.3. The van der Waals surface area contributed by atoms with E-state index in [0.29, 0.717) is 12.8 Å². The molecule has 2 aliphatic rings. The molecular weight excluding hydrogens is 376 g/mol. The van der Waals surface area contributed by atoms with Crippen molar-refractivity contribution in [1.29, 1.82) is 0 Å². The zero-order valence-corrected chi connectivity index (χ0v) is 14.2. The van der Waals surface area contributed by atoms with Gasteiger partial charge in [-0.25, -0.2) is 10.6 Å². The Morgan fingerprint density at radius 2 is 2.23 bits per heavy atom. The molecule has 0 saturated carbocycles. The van der Waals surface area contributed by atoms with Crippen molar-refractivity contribution >= 4 is 45.6 Å². The second-order valence-corrected chi connectivity index (χ2v) is 7.67. The van der Waals surface area contributed by atoms with Gasteiger partial charge in [-0.1, -0.05) is 22.4 Å². The third kappa shape index (κ3) is 3.85. The van der Waals surface area contributed by atoms with E-state index in [9.17, 15) is 19.5 Å². The number of hydrogen-bond donors (Lipinski definition) is 5. The van der Waals surface area contributed by atoms with Gasteiger partial charge in [-0.15, -0.1) is 0 Å². The van der Waals surface area contributed by atoms with E-state index >= 15 is 0 Å². The van der Waals surface area contributed by atoms with Crippen LogP contribution in [0.3, 0.4) is 0 Å². The van der Waals surface area contributed by atoms with Crippen LogP contribution in [0.2, 0.25) is 0 Å². The number of aliphatic carboxylic acids is 1. The molecule has 0 radical (unpaired) electrons. The molecule has 5 atom stereocenters. The molecular formula is C12H19BrN4O4S. The van der Waals surface area contributed by atoms with Crippen molar-refractivity contribution in [3.63, 3.8) is 0 Å². The molecule has 2 fully saturated rings. The van der Waals surface area contributed by atoms with Gasteiger partial charge in [-0.2, -0.15) is 11.8 Å². The highest BCUT2D eigenvalue weighted by molar-refractivity contribution is 9.10. The second-order valence-electron chi connectivity index (χ2n) is 5.41. The van der Waals surface area contributed by atoms with Crippen molar-refractivity contribution in [3.05, 3.63) is 0 Å². The minimum Gasteiger partial charge on any atom is -0.481 e. The van der Waals surface area contributed by atoms with Crippen molar-refractivity contribution in [2.45, 2.75) is 41.4 Å². The number of thioether (sulfide) groups is 1. The zero-order valence-electron chi connectivity index (χ0n) is 11.8. The highest BCUT2D eigenvalue weighted by Gasteiger charge is 2.42. The van der Waals surface area contributed by atoms with Crippen LogP contribution >= 0.6 is 27.7 Å². The van der Waals surface area contributed by atoms with E-state index in [1.807, 2.05) is 5.43 Å². The van der Waals surface area contributed by atoms with Crippen LogP contribution in [0.15, 0.2) is 0 Å². The topological polar surface area (TPSA) is 134 Å². The number of alkyl halides is 1. The average molecular weight is 395 g/mol. The summed E-state index contributed by atoms with van der Waals surface area (Å²) in [5.74, 6) is 3.50. The molecule has 0 aliphatic carbocycles. The van der Waals surface area contributed by atoms with E-state index in [1.54, 1.807) is 11.8 Å². The number of fused-ring (bicyclic) bond motifs is 1. The molecule has 2 aliphatic heterocycles. The fourth-order valence-corrected chi connectivity index (χ4v) is 5.01. The van der Waals surface area contributed by atoms with Gasteiger partial charge in [0.05, 0.1) is 18.0 Å². The van der Waals surface area contributed by atoms with Crippen molar-refractivity contribution in [2.75, 3.05) is 5.75 Å². The van der Waals surface area contributed by atoms with Crippen LogP contribution < -0.4 is 21.9 Å². The van der Waals surface area contributed by atoms with Crippen LogP contribution in [-0.2, 0) is 9.59 Å². The minimum atomic E-state index is -1.03. The summed E-state index contributed by atoms with van der Waals surface area (Å²) in [6.07, 6.45) is 1.82. The first-order valence-corrected chi connectivity index (χ1v) is 8.96.